The highest BCUT2D eigenvalue weighted by atomic mass is 16.6. The zero-order valence-corrected chi connectivity index (χ0v) is 17.6. The topological polar surface area (TPSA) is 139 Å². The molecule has 9 heteroatoms. The van der Waals surface area contributed by atoms with Gasteiger partial charge >= 0.3 is 11.9 Å². The van der Waals surface area contributed by atoms with Crippen LogP contribution in [0.5, 0.6) is 0 Å². The first-order valence-electron chi connectivity index (χ1n) is 10.7. The van der Waals surface area contributed by atoms with E-state index < -0.39 is 51.8 Å². The molecule has 3 N–H and O–H groups in total. The third kappa shape index (κ3) is 2.35. The second-order valence-corrected chi connectivity index (χ2v) is 9.80. The van der Waals surface area contributed by atoms with E-state index in [4.69, 9.17) is 18.6 Å². The zero-order chi connectivity index (χ0) is 22.3. The molecule has 9 nitrogen and oxygen atoms in total. The van der Waals surface area contributed by atoms with E-state index in [-0.39, 0.29) is 32.5 Å². The third-order valence-electron chi connectivity index (χ3n) is 8.46. The van der Waals surface area contributed by atoms with Gasteiger partial charge in [0.05, 0.1) is 41.9 Å². The van der Waals surface area contributed by atoms with Crippen molar-refractivity contribution < 1.29 is 43.5 Å². The zero-order valence-electron chi connectivity index (χ0n) is 17.6. The molecule has 0 amide bonds. The fourth-order valence-electron chi connectivity index (χ4n) is 6.90. The van der Waals surface area contributed by atoms with Crippen LogP contribution < -0.4 is 0 Å². The predicted molar refractivity (Wildman–Crippen MR) is 102 cm³/mol. The van der Waals surface area contributed by atoms with Crippen LogP contribution in [0.15, 0.2) is 23.0 Å². The molecular weight excluding hydrogens is 408 g/mol. The molecule has 2 saturated heterocycles. The molecule has 2 aliphatic carbocycles. The minimum atomic E-state index is -1.93. The average Bonchev–Trinajstić information content (AvgIpc) is 3.11. The Kier molecular flexibility index (Phi) is 4.26. The monoisotopic (exact) mass is 436 g/mol. The molecule has 1 aromatic rings. The fourth-order valence-corrected chi connectivity index (χ4v) is 6.90. The van der Waals surface area contributed by atoms with E-state index in [1.165, 1.54) is 26.4 Å². The molecule has 0 bridgehead atoms. The van der Waals surface area contributed by atoms with Crippen molar-refractivity contribution in [3.8, 4) is 0 Å². The van der Waals surface area contributed by atoms with Gasteiger partial charge in [-0.25, -0.2) is 0 Å². The van der Waals surface area contributed by atoms with Crippen LogP contribution in [0.4, 0.5) is 0 Å². The number of aliphatic hydroxyl groups excluding tert-OH is 1. The van der Waals surface area contributed by atoms with Crippen LogP contribution in [0.25, 0.3) is 0 Å². The summed E-state index contributed by atoms with van der Waals surface area (Å²) in [5.41, 5.74) is -7.25. The van der Waals surface area contributed by atoms with Gasteiger partial charge in [0, 0.05) is 25.3 Å². The Labute approximate surface area is 179 Å². The summed E-state index contributed by atoms with van der Waals surface area (Å²) < 4.78 is 22.0. The van der Waals surface area contributed by atoms with E-state index in [9.17, 15) is 24.9 Å². The van der Waals surface area contributed by atoms with Gasteiger partial charge in [0.2, 0.25) is 0 Å². The van der Waals surface area contributed by atoms with E-state index in [0.29, 0.717) is 18.4 Å². The first-order valence-corrected chi connectivity index (χ1v) is 10.7. The molecule has 31 heavy (non-hydrogen) atoms. The lowest BCUT2D eigenvalue weighted by Gasteiger charge is -2.67. The fraction of sp³-hybridized carbons (Fsp3) is 0.727. The van der Waals surface area contributed by atoms with Gasteiger partial charge in [0.25, 0.3) is 0 Å². The summed E-state index contributed by atoms with van der Waals surface area (Å²) in [6.45, 7) is 2.66. The summed E-state index contributed by atoms with van der Waals surface area (Å²) in [4.78, 5) is 25.3. The highest BCUT2D eigenvalue weighted by Gasteiger charge is 2.87. The Balaban J connectivity index is 1.69. The molecule has 5 rings (SSSR count). The number of carbonyl (C=O) groups is 2. The number of hydrogen-bond donors (Lipinski definition) is 3. The molecule has 0 radical (unpaired) electrons. The standard InChI is InChI=1S/C22H28O9/c1-13(23)29-12-21-16(24)9-18(2,26)20(22(21,27)6-3-5-19(21)11-30-19)8-15(31-17(20)25)14-4-7-28-10-14/h4,7,10,15-16,24,26-27H,3,5-6,8-9,11-12H2,1-2H3/t15-,16+,18+,19+,20-,21+,22+/m1/s1. The summed E-state index contributed by atoms with van der Waals surface area (Å²) in [6, 6.07) is 1.67. The van der Waals surface area contributed by atoms with Gasteiger partial charge in [-0.05, 0) is 32.3 Å². The molecule has 4 fully saturated rings. The quantitative estimate of drug-likeness (QED) is 0.468. The molecule has 2 spiro atoms. The number of fused-ring (bicyclic) bond motifs is 3. The summed E-state index contributed by atoms with van der Waals surface area (Å²) >= 11 is 0. The number of rotatable bonds is 3. The van der Waals surface area contributed by atoms with Crippen molar-refractivity contribution in [3.63, 3.8) is 0 Å². The van der Waals surface area contributed by atoms with Gasteiger partial charge in [-0.1, -0.05) is 0 Å². The highest BCUT2D eigenvalue weighted by molar-refractivity contribution is 5.83. The van der Waals surface area contributed by atoms with Crippen LogP contribution in [0.3, 0.4) is 0 Å². The molecule has 3 heterocycles. The van der Waals surface area contributed by atoms with Gasteiger partial charge in [-0.15, -0.1) is 0 Å². The maximum absolute atomic E-state index is 13.5. The molecular formula is C22H28O9. The normalized spacial score (nSPS) is 48.5. The smallest absolute Gasteiger partial charge is 0.318 e. The first kappa shape index (κ1) is 20.9. The van der Waals surface area contributed by atoms with E-state index >= 15 is 0 Å². The van der Waals surface area contributed by atoms with Crippen molar-refractivity contribution in [1.82, 2.24) is 0 Å². The van der Waals surface area contributed by atoms with Gasteiger partial charge < -0.3 is 33.9 Å². The number of aliphatic hydroxyl groups is 3. The number of ether oxygens (including phenoxy) is 3. The van der Waals surface area contributed by atoms with Crippen LogP contribution in [0.1, 0.15) is 57.6 Å². The van der Waals surface area contributed by atoms with Gasteiger partial charge in [-0.3, -0.25) is 9.59 Å². The Morgan fingerprint density at radius 2 is 2.03 bits per heavy atom. The number of carbonyl (C=O) groups excluding carboxylic acids is 2. The summed E-state index contributed by atoms with van der Waals surface area (Å²) in [6.07, 6.45) is 1.94. The van der Waals surface area contributed by atoms with Crippen molar-refractivity contribution in [2.24, 2.45) is 10.8 Å². The van der Waals surface area contributed by atoms with Crippen LogP contribution >= 0.6 is 0 Å². The van der Waals surface area contributed by atoms with Crippen LogP contribution in [0, 0.1) is 10.8 Å². The first-order chi connectivity index (χ1) is 14.6. The average molecular weight is 436 g/mol. The lowest BCUT2D eigenvalue weighted by Crippen LogP contribution is -2.82. The number of esters is 2. The van der Waals surface area contributed by atoms with Crippen LogP contribution in [-0.2, 0) is 23.8 Å². The molecule has 2 aliphatic heterocycles. The second-order valence-electron chi connectivity index (χ2n) is 9.80. The van der Waals surface area contributed by atoms with Crippen molar-refractivity contribution in [3.05, 3.63) is 24.2 Å². The van der Waals surface area contributed by atoms with Gasteiger partial charge in [-0.2, -0.15) is 0 Å². The molecule has 0 aromatic carbocycles. The lowest BCUT2D eigenvalue weighted by atomic mass is 9.39. The van der Waals surface area contributed by atoms with Crippen LogP contribution in [0.2, 0.25) is 0 Å². The summed E-state index contributed by atoms with van der Waals surface area (Å²) in [7, 11) is 0. The SMILES string of the molecule is CC(=O)OC[C@@]12[C@@H](O)C[C@](C)(O)[C@]3(C[C@H](c4ccoc4)OC3=O)[C@@]1(O)CCC[C@]21CO1. The van der Waals surface area contributed by atoms with E-state index in [2.05, 4.69) is 0 Å². The number of cyclic esters (lactones) is 1. The molecule has 0 unspecified atom stereocenters. The lowest BCUT2D eigenvalue weighted by molar-refractivity contribution is -0.329. The maximum atomic E-state index is 13.5. The van der Waals surface area contributed by atoms with E-state index in [1.54, 1.807) is 6.07 Å². The summed E-state index contributed by atoms with van der Waals surface area (Å²) in [5, 5.41) is 35.4. The number of epoxide rings is 1. The Morgan fingerprint density at radius 1 is 1.29 bits per heavy atom. The Bertz CT molecular complexity index is 904. The Morgan fingerprint density at radius 3 is 2.65 bits per heavy atom. The molecule has 7 atom stereocenters. The largest absolute Gasteiger partial charge is 0.472 e. The van der Waals surface area contributed by atoms with Gasteiger partial charge in [0.15, 0.2) is 0 Å². The molecule has 4 aliphatic rings. The van der Waals surface area contributed by atoms with E-state index in [0.717, 1.165) is 0 Å². The molecule has 170 valence electrons. The minimum Gasteiger partial charge on any atom is -0.472 e. The van der Waals surface area contributed by atoms with Gasteiger partial charge in [0.1, 0.15) is 23.7 Å². The van der Waals surface area contributed by atoms with Crippen LogP contribution in [-0.4, -0.2) is 63.4 Å². The van der Waals surface area contributed by atoms with Crippen molar-refractivity contribution >= 4 is 11.9 Å². The molecule has 2 saturated carbocycles. The summed E-state index contributed by atoms with van der Waals surface area (Å²) in [5.74, 6) is -1.30. The van der Waals surface area contributed by atoms with Crippen molar-refractivity contribution in [1.29, 1.82) is 0 Å². The van der Waals surface area contributed by atoms with E-state index in [1.807, 2.05) is 0 Å². The number of hydrogen-bond acceptors (Lipinski definition) is 9. The third-order valence-corrected chi connectivity index (χ3v) is 8.46. The number of furan rings is 1. The minimum absolute atomic E-state index is 0.000508. The highest BCUT2D eigenvalue weighted by Crippen LogP contribution is 2.73. The maximum Gasteiger partial charge on any atom is 0.318 e. The predicted octanol–water partition coefficient (Wildman–Crippen LogP) is 1.00. The second kappa shape index (κ2) is 6.31. The molecule has 1 aromatic heterocycles. The van der Waals surface area contributed by atoms with Crippen molar-refractivity contribution in [2.45, 2.75) is 75.0 Å². The Hall–Kier alpha value is -1.94. The van der Waals surface area contributed by atoms with Crippen molar-refractivity contribution in [2.75, 3.05) is 13.2 Å².